The van der Waals surface area contributed by atoms with Gasteiger partial charge in [-0.3, -0.25) is 5.10 Å². The molecular weight excluding hydrogens is 186 g/mol. The van der Waals surface area contributed by atoms with Crippen LogP contribution in [0.25, 0.3) is 10.9 Å². The standard InChI is InChI=1S/C9H10ClN3/c10-9-7-3-1-2-6(4-5-11)8(7)12-13-9/h1-3H,4-5,11H2,(H,12,13). The largest absolute Gasteiger partial charge is 0.330 e. The van der Waals surface area contributed by atoms with Crippen molar-refractivity contribution in [3.63, 3.8) is 0 Å². The Bertz CT molecular complexity index is 422. The molecule has 0 atom stereocenters. The number of aromatic amines is 1. The molecular formula is C9H10ClN3. The summed E-state index contributed by atoms with van der Waals surface area (Å²) >= 11 is 5.90. The van der Waals surface area contributed by atoms with E-state index in [4.69, 9.17) is 17.3 Å². The molecule has 1 heterocycles. The summed E-state index contributed by atoms with van der Waals surface area (Å²) in [6.45, 7) is 0.629. The molecule has 0 aliphatic rings. The summed E-state index contributed by atoms with van der Waals surface area (Å²) in [5.41, 5.74) is 7.56. The zero-order valence-corrected chi connectivity index (χ0v) is 7.80. The average Bonchev–Trinajstić information content (AvgIpc) is 2.50. The fourth-order valence-electron chi connectivity index (χ4n) is 1.42. The van der Waals surface area contributed by atoms with Crippen molar-refractivity contribution in [3.05, 3.63) is 28.9 Å². The molecule has 68 valence electrons. The number of benzene rings is 1. The van der Waals surface area contributed by atoms with Gasteiger partial charge in [0.1, 0.15) is 5.15 Å². The van der Waals surface area contributed by atoms with E-state index in [0.717, 1.165) is 22.9 Å². The molecule has 0 saturated heterocycles. The van der Waals surface area contributed by atoms with Crippen molar-refractivity contribution in [2.24, 2.45) is 5.73 Å². The second kappa shape index (κ2) is 3.36. The molecule has 0 aliphatic heterocycles. The zero-order chi connectivity index (χ0) is 9.26. The third-order valence-corrected chi connectivity index (χ3v) is 2.32. The highest BCUT2D eigenvalue weighted by atomic mass is 35.5. The minimum atomic E-state index is 0.592. The number of para-hydroxylation sites is 1. The number of nitrogens with one attached hydrogen (secondary N) is 1. The van der Waals surface area contributed by atoms with Crippen LogP contribution in [-0.2, 0) is 6.42 Å². The Morgan fingerprint density at radius 3 is 3.08 bits per heavy atom. The molecule has 2 rings (SSSR count). The van der Waals surface area contributed by atoms with Crippen molar-refractivity contribution < 1.29 is 0 Å². The predicted octanol–water partition coefficient (Wildman–Crippen LogP) is 1.72. The van der Waals surface area contributed by atoms with E-state index in [1.54, 1.807) is 0 Å². The first-order valence-electron chi connectivity index (χ1n) is 4.14. The van der Waals surface area contributed by atoms with Crippen molar-refractivity contribution in [2.75, 3.05) is 6.54 Å². The van der Waals surface area contributed by atoms with E-state index in [0.29, 0.717) is 11.7 Å². The lowest BCUT2D eigenvalue weighted by atomic mass is 10.1. The van der Waals surface area contributed by atoms with Crippen molar-refractivity contribution in [1.82, 2.24) is 10.2 Å². The van der Waals surface area contributed by atoms with Gasteiger partial charge in [0, 0.05) is 5.39 Å². The predicted molar refractivity (Wildman–Crippen MR) is 53.9 cm³/mol. The van der Waals surface area contributed by atoms with E-state index in [1.807, 2.05) is 18.2 Å². The zero-order valence-electron chi connectivity index (χ0n) is 7.05. The number of hydrogen-bond donors (Lipinski definition) is 2. The molecule has 3 N–H and O–H groups in total. The number of H-pyrrole nitrogens is 1. The van der Waals surface area contributed by atoms with Crippen LogP contribution in [0, 0.1) is 0 Å². The first-order valence-corrected chi connectivity index (χ1v) is 4.52. The van der Waals surface area contributed by atoms with E-state index < -0.39 is 0 Å². The normalized spacial score (nSPS) is 10.9. The van der Waals surface area contributed by atoms with Crippen LogP contribution >= 0.6 is 11.6 Å². The van der Waals surface area contributed by atoms with Crippen molar-refractivity contribution in [2.45, 2.75) is 6.42 Å². The van der Waals surface area contributed by atoms with Gasteiger partial charge in [0.25, 0.3) is 0 Å². The Labute approximate surface area is 80.9 Å². The molecule has 4 heteroatoms. The van der Waals surface area contributed by atoms with Crippen LogP contribution in [0.3, 0.4) is 0 Å². The summed E-state index contributed by atoms with van der Waals surface area (Å²) in [5.74, 6) is 0. The molecule has 0 spiro atoms. The molecule has 0 radical (unpaired) electrons. The SMILES string of the molecule is NCCc1cccc2c(Cl)[nH]nc12. The van der Waals surface area contributed by atoms with Crippen LogP contribution in [0.5, 0.6) is 0 Å². The number of nitrogens with two attached hydrogens (primary N) is 1. The Morgan fingerprint density at radius 2 is 2.31 bits per heavy atom. The maximum Gasteiger partial charge on any atom is 0.132 e. The minimum absolute atomic E-state index is 0.592. The van der Waals surface area contributed by atoms with Gasteiger partial charge in [0.2, 0.25) is 0 Å². The highest BCUT2D eigenvalue weighted by Crippen LogP contribution is 2.22. The van der Waals surface area contributed by atoms with E-state index in [1.165, 1.54) is 0 Å². The Balaban J connectivity index is 2.63. The lowest BCUT2D eigenvalue weighted by Gasteiger charge is -1.98. The molecule has 2 aromatic rings. The van der Waals surface area contributed by atoms with Crippen molar-refractivity contribution in [1.29, 1.82) is 0 Å². The molecule has 3 nitrogen and oxygen atoms in total. The van der Waals surface area contributed by atoms with Gasteiger partial charge in [-0.15, -0.1) is 0 Å². The second-order valence-corrected chi connectivity index (χ2v) is 3.27. The van der Waals surface area contributed by atoms with Gasteiger partial charge in [-0.2, -0.15) is 5.10 Å². The summed E-state index contributed by atoms with van der Waals surface area (Å²) in [6, 6.07) is 5.93. The Kier molecular flexibility index (Phi) is 2.20. The number of rotatable bonds is 2. The van der Waals surface area contributed by atoms with Gasteiger partial charge in [-0.1, -0.05) is 23.7 Å². The maximum atomic E-state index is 5.90. The van der Waals surface area contributed by atoms with E-state index in [-0.39, 0.29) is 0 Å². The molecule has 13 heavy (non-hydrogen) atoms. The fourth-order valence-corrected chi connectivity index (χ4v) is 1.62. The molecule has 0 aliphatic carbocycles. The van der Waals surface area contributed by atoms with Crippen LogP contribution in [-0.4, -0.2) is 16.7 Å². The smallest absolute Gasteiger partial charge is 0.132 e. The maximum absolute atomic E-state index is 5.90. The first kappa shape index (κ1) is 8.53. The average molecular weight is 196 g/mol. The number of nitrogens with zero attached hydrogens (tertiary/aromatic N) is 1. The van der Waals surface area contributed by atoms with Crippen molar-refractivity contribution in [3.8, 4) is 0 Å². The number of halogens is 1. The molecule has 0 bridgehead atoms. The van der Waals surface area contributed by atoms with E-state index in [9.17, 15) is 0 Å². The van der Waals surface area contributed by atoms with Gasteiger partial charge in [0.05, 0.1) is 5.52 Å². The van der Waals surface area contributed by atoms with Gasteiger partial charge < -0.3 is 5.73 Å². The lowest BCUT2D eigenvalue weighted by molar-refractivity contribution is 0.969. The fraction of sp³-hybridized carbons (Fsp3) is 0.222. The summed E-state index contributed by atoms with van der Waals surface area (Å²) in [6.07, 6.45) is 0.832. The van der Waals surface area contributed by atoms with Crippen molar-refractivity contribution >= 4 is 22.5 Å². The van der Waals surface area contributed by atoms with E-state index >= 15 is 0 Å². The van der Waals surface area contributed by atoms with Crippen LogP contribution in [0.2, 0.25) is 5.15 Å². The van der Waals surface area contributed by atoms with Crippen LogP contribution in [0.4, 0.5) is 0 Å². The molecule has 1 aromatic carbocycles. The van der Waals surface area contributed by atoms with Crippen LogP contribution in [0.1, 0.15) is 5.56 Å². The van der Waals surface area contributed by atoms with Gasteiger partial charge in [0.15, 0.2) is 0 Å². The lowest BCUT2D eigenvalue weighted by Crippen LogP contribution is -2.02. The monoisotopic (exact) mass is 195 g/mol. The second-order valence-electron chi connectivity index (χ2n) is 2.89. The molecule has 1 aromatic heterocycles. The van der Waals surface area contributed by atoms with Gasteiger partial charge in [-0.05, 0) is 24.6 Å². The summed E-state index contributed by atoms with van der Waals surface area (Å²) in [4.78, 5) is 0. The summed E-state index contributed by atoms with van der Waals surface area (Å²) < 4.78 is 0. The Hall–Kier alpha value is -1.06. The first-order chi connectivity index (χ1) is 6.33. The number of hydrogen-bond acceptors (Lipinski definition) is 2. The van der Waals surface area contributed by atoms with E-state index in [2.05, 4.69) is 10.2 Å². The number of aromatic nitrogens is 2. The molecule has 0 saturated carbocycles. The van der Waals surface area contributed by atoms with Crippen LogP contribution < -0.4 is 5.73 Å². The quantitative estimate of drug-likeness (QED) is 0.767. The van der Waals surface area contributed by atoms with Gasteiger partial charge >= 0.3 is 0 Å². The summed E-state index contributed by atoms with van der Waals surface area (Å²) in [5, 5.41) is 8.43. The minimum Gasteiger partial charge on any atom is -0.330 e. The van der Waals surface area contributed by atoms with Crippen LogP contribution in [0.15, 0.2) is 18.2 Å². The highest BCUT2D eigenvalue weighted by Gasteiger charge is 2.05. The number of fused-ring (bicyclic) bond motifs is 1. The topological polar surface area (TPSA) is 54.7 Å². The summed E-state index contributed by atoms with van der Waals surface area (Å²) in [7, 11) is 0. The third kappa shape index (κ3) is 1.41. The Morgan fingerprint density at radius 1 is 1.46 bits per heavy atom. The molecule has 0 fully saturated rings. The highest BCUT2D eigenvalue weighted by molar-refractivity contribution is 6.34. The molecule has 0 amide bonds. The third-order valence-electron chi connectivity index (χ3n) is 2.04. The molecule has 0 unspecified atom stereocenters. The van der Waals surface area contributed by atoms with Gasteiger partial charge in [-0.25, -0.2) is 0 Å².